The van der Waals surface area contributed by atoms with Gasteiger partial charge in [0.2, 0.25) is 0 Å². The first kappa shape index (κ1) is 18.4. The maximum absolute atomic E-state index is 12.7. The highest BCUT2D eigenvalue weighted by atomic mass is 32.2. The molecule has 7 atom stereocenters. The summed E-state index contributed by atoms with van der Waals surface area (Å²) in [6.45, 7) is 7.14. The normalized spacial score (nSPS) is 52.3. The first-order valence-electron chi connectivity index (χ1n) is 11.2. The lowest BCUT2D eigenvalue weighted by molar-refractivity contribution is -0.134. The van der Waals surface area contributed by atoms with Gasteiger partial charge in [-0.1, -0.05) is 26.7 Å². The molecule has 1 aliphatic heterocycles. The zero-order valence-corrected chi connectivity index (χ0v) is 18.5. The van der Waals surface area contributed by atoms with Crippen LogP contribution in [0.2, 0.25) is 0 Å². The third-order valence-corrected chi connectivity index (χ3v) is 13.9. The molecule has 1 nitrogen and oxygen atoms in total. The summed E-state index contributed by atoms with van der Waals surface area (Å²) in [6.07, 6.45) is 12.7. The van der Waals surface area contributed by atoms with Crippen LogP contribution in [0.5, 0.6) is 0 Å². The molecule has 5 aliphatic rings. The fraction of sp³-hybridized carbons (Fsp3) is 0.957. The minimum Gasteiger partial charge on any atom is -0.300 e. The van der Waals surface area contributed by atoms with E-state index in [1.165, 1.54) is 69.3 Å². The van der Waals surface area contributed by atoms with E-state index in [2.05, 4.69) is 37.4 Å². The Hall–Kier alpha value is 0.370. The summed E-state index contributed by atoms with van der Waals surface area (Å²) < 4.78 is 0.327. The van der Waals surface area contributed by atoms with Crippen molar-refractivity contribution in [3.63, 3.8) is 0 Å². The van der Waals surface area contributed by atoms with Crippen molar-refractivity contribution in [2.75, 3.05) is 11.5 Å². The van der Waals surface area contributed by atoms with Crippen LogP contribution in [-0.4, -0.2) is 21.4 Å². The summed E-state index contributed by atoms with van der Waals surface area (Å²) >= 11 is 4.53. The van der Waals surface area contributed by atoms with Crippen LogP contribution >= 0.6 is 23.5 Å². The van der Waals surface area contributed by atoms with Gasteiger partial charge in [0.25, 0.3) is 0 Å². The first-order chi connectivity index (χ1) is 12.4. The van der Waals surface area contributed by atoms with Crippen LogP contribution < -0.4 is 0 Å². The predicted octanol–water partition coefficient (Wildman–Crippen LogP) is 6.41. The molecule has 0 unspecified atom stereocenters. The highest BCUT2D eigenvalue weighted by Gasteiger charge is 2.70. The lowest BCUT2D eigenvalue weighted by Crippen LogP contribution is -2.61. The van der Waals surface area contributed by atoms with E-state index in [-0.39, 0.29) is 5.41 Å². The Bertz CT molecular complexity index is 597. The summed E-state index contributed by atoms with van der Waals surface area (Å²) in [5, 5.41) is 0. The number of hydrogen-bond donors (Lipinski definition) is 0. The zero-order valence-electron chi connectivity index (χ0n) is 16.9. The number of carbonyl (C=O) groups excluding carboxylic acids is 1. The predicted molar refractivity (Wildman–Crippen MR) is 114 cm³/mol. The molecule has 1 spiro atoms. The summed E-state index contributed by atoms with van der Waals surface area (Å²) in [5.41, 5.74) is 0.831. The molecule has 3 heteroatoms. The molecule has 0 amide bonds. The largest absolute Gasteiger partial charge is 0.300 e. The number of ketones is 1. The van der Waals surface area contributed by atoms with E-state index >= 15 is 0 Å². The molecule has 0 radical (unpaired) electrons. The van der Waals surface area contributed by atoms with Crippen molar-refractivity contribution in [1.82, 2.24) is 0 Å². The number of thioether (sulfide) groups is 2. The van der Waals surface area contributed by atoms with Crippen LogP contribution in [0.4, 0.5) is 0 Å². The Kier molecular flexibility index (Phi) is 4.38. The van der Waals surface area contributed by atoms with Gasteiger partial charge in [0.15, 0.2) is 0 Å². The van der Waals surface area contributed by atoms with Crippen molar-refractivity contribution in [2.45, 2.75) is 82.6 Å². The molecule has 26 heavy (non-hydrogen) atoms. The zero-order chi connectivity index (χ0) is 18.2. The monoisotopic (exact) mass is 392 g/mol. The summed E-state index contributed by atoms with van der Waals surface area (Å²) in [4.78, 5) is 12.7. The molecular formula is C23H36OS2. The molecule has 146 valence electrons. The second kappa shape index (κ2) is 6.18. The summed E-state index contributed by atoms with van der Waals surface area (Å²) in [6, 6.07) is 0. The standard InChI is InChI=1S/C23H36OS2/c1-15(24)18-9-10-19-17-8-7-16-6-4-5-11-21(16,2)20(17)14-23(22(18,19)3)25-12-13-26-23/h16-20H,4-14H2,1-3H3/t16-,17+,18-,19+,20+,21+,22-/m1/s1. The molecule has 1 saturated heterocycles. The smallest absolute Gasteiger partial charge is 0.133 e. The molecule has 0 aromatic heterocycles. The molecule has 0 aromatic rings. The fourth-order valence-electron chi connectivity index (χ4n) is 8.77. The Balaban J connectivity index is 1.59. The van der Waals surface area contributed by atoms with Crippen LogP contribution in [0, 0.1) is 40.4 Å². The Morgan fingerprint density at radius 2 is 1.69 bits per heavy atom. The Labute approximate surface area is 168 Å². The van der Waals surface area contributed by atoms with Crippen molar-refractivity contribution < 1.29 is 4.79 Å². The average Bonchev–Trinajstić information content (AvgIpc) is 3.22. The SMILES string of the molecule is CC(=O)[C@H]1CC[C@H]2[C@@H]3CC[C@H]4CCCC[C@]4(C)[C@H]3CC3(SCCS3)[C@]12C. The highest BCUT2D eigenvalue weighted by molar-refractivity contribution is 8.21. The third-order valence-electron chi connectivity index (χ3n) is 9.99. The van der Waals surface area contributed by atoms with Gasteiger partial charge in [-0.05, 0) is 81.0 Å². The number of hydrogen-bond acceptors (Lipinski definition) is 3. The number of Topliss-reactive ketones (excluding diaryl/α,β-unsaturated/α-hetero) is 1. The average molecular weight is 393 g/mol. The van der Waals surface area contributed by atoms with Gasteiger partial charge < -0.3 is 0 Å². The lowest BCUT2D eigenvalue weighted by Gasteiger charge is -2.65. The number of rotatable bonds is 1. The van der Waals surface area contributed by atoms with Crippen LogP contribution in [-0.2, 0) is 4.79 Å². The van der Waals surface area contributed by atoms with Crippen LogP contribution in [0.1, 0.15) is 78.6 Å². The molecule has 0 N–H and O–H groups in total. The van der Waals surface area contributed by atoms with E-state index in [0.717, 1.165) is 23.7 Å². The maximum Gasteiger partial charge on any atom is 0.133 e. The Morgan fingerprint density at radius 3 is 2.42 bits per heavy atom. The van der Waals surface area contributed by atoms with Gasteiger partial charge in [-0.15, -0.1) is 23.5 Å². The minimum atomic E-state index is 0.240. The van der Waals surface area contributed by atoms with Crippen molar-refractivity contribution in [2.24, 2.45) is 40.4 Å². The molecule has 5 fully saturated rings. The molecule has 0 bridgehead atoms. The quantitative estimate of drug-likeness (QED) is 0.513. The van der Waals surface area contributed by atoms with Gasteiger partial charge in [0, 0.05) is 22.8 Å². The molecule has 4 saturated carbocycles. The molecule has 1 heterocycles. The molecule has 5 rings (SSSR count). The summed E-state index contributed by atoms with van der Waals surface area (Å²) in [7, 11) is 0. The van der Waals surface area contributed by atoms with Gasteiger partial charge in [-0.25, -0.2) is 0 Å². The summed E-state index contributed by atoms with van der Waals surface area (Å²) in [5.74, 6) is 7.01. The van der Waals surface area contributed by atoms with Crippen molar-refractivity contribution >= 4 is 29.3 Å². The Morgan fingerprint density at radius 1 is 0.923 bits per heavy atom. The van der Waals surface area contributed by atoms with Gasteiger partial charge in [-0.2, -0.15) is 0 Å². The first-order valence-corrected chi connectivity index (χ1v) is 13.2. The van der Waals surface area contributed by atoms with Crippen LogP contribution in [0.3, 0.4) is 0 Å². The van der Waals surface area contributed by atoms with Gasteiger partial charge in [0.1, 0.15) is 5.78 Å². The van der Waals surface area contributed by atoms with E-state index in [0.29, 0.717) is 21.2 Å². The van der Waals surface area contributed by atoms with Crippen LogP contribution in [0.25, 0.3) is 0 Å². The second-order valence-electron chi connectivity index (χ2n) is 10.6. The molecule has 4 aliphatic carbocycles. The number of fused-ring (bicyclic) bond motifs is 6. The van der Waals surface area contributed by atoms with Crippen molar-refractivity contribution in [3.05, 3.63) is 0 Å². The van der Waals surface area contributed by atoms with Gasteiger partial charge in [0.05, 0.1) is 4.08 Å². The van der Waals surface area contributed by atoms with E-state index in [1.807, 2.05) is 6.92 Å². The molecular weight excluding hydrogens is 356 g/mol. The lowest BCUT2D eigenvalue weighted by atomic mass is 9.44. The highest BCUT2D eigenvalue weighted by Crippen LogP contribution is 2.76. The van der Waals surface area contributed by atoms with E-state index < -0.39 is 0 Å². The van der Waals surface area contributed by atoms with E-state index in [4.69, 9.17) is 0 Å². The van der Waals surface area contributed by atoms with Gasteiger partial charge in [-0.3, -0.25) is 4.79 Å². The maximum atomic E-state index is 12.7. The molecule has 0 aromatic carbocycles. The van der Waals surface area contributed by atoms with Crippen LogP contribution in [0.15, 0.2) is 0 Å². The van der Waals surface area contributed by atoms with E-state index in [9.17, 15) is 4.79 Å². The third kappa shape index (κ3) is 2.22. The van der Waals surface area contributed by atoms with Crippen molar-refractivity contribution in [3.8, 4) is 0 Å². The fourth-order valence-corrected chi connectivity index (χ4v) is 12.7. The topological polar surface area (TPSA) is 17.1 Å². The van der Waals surface area contributed by atoms with Gasteiger partial charge >= 0.3 is 0 Å². The second-order valence-corrected chi connectivity index (χ2v) is 13.6. The number of carbonyl (C=O) groups is 1. The van der Waals surface area contributed by atoms with E-state index in [1.54, 1.807) is 0 Å². The minimum absolute atomic E-state index is 0.240. The van der Waals surface area contributed by atoms with Crippen molar-refractivity contribution in [1.29, 1.82) is 0 Å².